The van der Waals surface area contributed by atoms with Crippen LogP contribution in [-0.4, -0.2) is 34.4 Å². The third-order valence-corrected chi connectivity index (χ3v) is 4.28. The lowest BCUT2D eigenvalue weighted by molar-refractivity contribution is -0.126. The second-order valence-corrected chi connectivity index (χ2v) is 5.68. The number of imide groups is 1. The summed E-state index contributed by atoms with van der Waals surface area (Å²) in [6, 6.07) is 10.2. The molecule has 1 atom stereocenters. The van der Waals surface area contributed by atoms with Crippen molar-refractivity contribution in [1.82, 2.24) is 4.90 Å². The minimum Gasteiger partial charge on any atom is -0.329 e. The largest absolute Gasteiger partial charge is 0.329 e. The molecule has 4 nitrogen and oxygen atoms in total. The molecule has 102 valence electrons. The molecule has 0 aromatic heterocycles. The highest BCUT2D eigenvalue weighted by Crippen LogP contribution is 2.30. The summed E-state index contributed by atoms with van der Waals surface area (Å²) in [7, 11) is 0. The van der Waals surface area contributed by atoms with E-state index < -0.39 is 0 Å². The normalized spacial score (nSPS) is 19.2. The van der Waals surface area contributed by atoms with Crippen LogP contribution in [0, 0.1) is 0 Å². The third-order valence-electron chi connectivity index (χ3n) is 3.13. The van der Waals surface area contributed by atoms with Crippen molar-refractivity contribution in [2.24, 2.45) is 5.73 Å². The van der Waals surface area contributed by atoms with Gasteiger partial charge in [0, 0.05) is 13.1 Å². The molecule has 0 radical (unpaired) electrons. The van der Waals surface area contributed by atoms with Gasteiger partial charge in [0.15, 0.2) is 0 Å². The van der Waals surface area contributed by atoms with Crippen molar-refractivity contribution in [3.63, 3.8) is 0 Å². The van der Waals surface area contributed by atoms with Gasteiger partial charge in [-0.15, -0.1) is 0 Å². The van der Waals surface area contributed by atoms with Gasteiger partial charge in [0.25, 0.3) is 5.24 Å². The van der Waals surface area contributed by atoms with Gasteiger partial charge in [0.1, 0.15) is 0 Å². The van der Waals surface area contributed by atoms with E-state index in [2.05, 4.69) is 12.1 Å². The van der Waals surface area contributed by atoms with E-state index in [-0.39, 0.29) is 16.4 Å². The van der Waals surface area contributed by atoms with Gasteiger partial charge >= 0.3 is 0 Å². The average Bonchev–Trinajstić information content (AvgIpc) is 2.68. The monoisotopic (exact) mass is 278 g/mol. The molecule has 1 unspecified atom stereocenters. The Labute approximate surface area is 117 Å². The predicted octanol–water partition coefficient (Wildman–Crippen LogP) is 2.03. The maximum Gasteiger partial charge on any atom is 0.289 e. The molecule has 0 bridgehead atoms. The number of nitrogens with two attached hydrogens (primary N) is 1. The van der Waals surface area contributed by atoms with Crippen LogP contribution in [0.25, 0.3) is 0 Å². The molecule has 0 saturated carbocycles. The van der Waals surface area contributed by atoms with Crippen molar-refractivity contribution in [3.05, 3.63) is 35.9 Å². The van der Waals surface area contributed by atoms with E-state index >= 15 is 0 Å². The van der Waals surface area contributed by atoms with Crippen LogP contribution in [-0.2, 0) is 11.2 Å². The molecule has 0 aliphatic carbocycles. The van der Waals surface area contributed by atoms with E-state index in [0.717, 1.165) is 31.0 Å². The van der Waals surface area contributed by atoms with Gasteiger partial charge in [0.05, 0.1) is 5.25 Å². The smallest absolute Gasteiger partial charge is 0.289 e. The Hall–Kier alpha value is -1.33. The predicted molar refractivity (Wildman–Crippen MR) is 76.9 cm³/mol. The second kappa shape index (κ2) is 6.73. The molecule has 19 heavy (non-hydrogen) atoms. The summed E-state index contributed by atoms with van der Waals surface area (Å²) in [5, 5.41) is -0.372. The third kappa shape index (κ3) is 3.58. The summed E-state index contributed by atoms with van der Waals surface area (Å²) in [4.78, 5) is 24.9. The Morgan fingerprint density at radius 1 is 1.21 bits per heavy atom. The summed E-state index contributed by atoms with van der Waals surface area (Å²) in [5.41, 5.74) is 6.67. The number of rotatable bonds is 6. The molecule has 1 saturated heterocycles. The van der Waals surface area contributed by atoms with Gasteiger partial charge in [-0.05, 0) is 24.8 Å². The number of amides is 2. The lowest BCUT2D eigenvalue weighted by Crippen LogP contribution is -2.35. The molecule has 1 aromatic carbocycles. The van der Waals surface area contributed by atoms with Crippen LogP contribution >= 0.6 is 11.8 Å². The zero-order chi connectivity index (χ0) is 13.7. The Balaban J connectivity index is 1.81. The van der Waals surface area contributed by atoms with Crippen LogP contribution in [0.15, 0.2) is 30.3 Å². The van der Waals surface area contributed by atoms with E-state index in [1.165, 1.54) is 10.5 Å². The van der Waals surface area contributed by atoms with Crippen LogP contribution < -0.4 is 5.73 Å². The number of carbonyl (C=O) groups excluding carboxylic acids is 2. The molecule has 1 aliphatic heterocycles. The molecular formula is C14H18N2O2S. The van der Waals surface area contributed by atoms with Crippen LogP contribution in [0.1, 0.15) is 18.4 Å². The highest BCUT2D eigenvalue weighted by atomic mass is 32.2. The summed E-state index contributed by atoms with van der Waals surface area (Å²) in [5.74, 6) is -0.0755. The Kier molecular flexibility index (Phi) is 4.99. The highest BCUT2D eigenvalue weighted by molar-refractivity contribution is 8.15. The van der Waals surface area contributed by atoms with Gasteiger partial charge in [-0.1, -0.05) is 42.1 Å². The van der Waals surface area contributed by atoms with Crippen molar-refractivity contribution in [2.45, 2.75) is 24.5 Å². The van der Waals surface area contributed by atoms with Gasteiger partial charge in [-0.25, -0.2) is 0 Å². The average molecular weight is 278 g/mol. The zero-order valence-electron chi connectivity index (χ0n) is 10.7. The first-order valence-electron chi connectivity index (χ1n) is 6.48. The topological polar surface area (TPSA) is 63.4 Å². The van der Waals surface area contributed by atoms with E-state index in [1.807, 2.05) is 18.2 Å². The van der Waals surface area contributed by atoms with Crippen molar-refractivity contribution < 1.29 is 9.59 Å². The summed E-state index contributed by atoms with van der Waals surface area (Å²) in [6.07, 6.45) is 2.60. The van der Waals surface area contributed by atoms with Gasteiger partial charge in [0.2, 0.25) is 5.91 Å². The van der Waals surface area contributed by atoms with E-state index in [0.29, 0.717) is 13.1 Å². The van der Waals surface area contributed by atoms with Crippen molar-refractivity contribution in [1.29, 1.82) is 0 Å². The maximum atomic E-state index is 12.0. The first-order valence-corrected chi connectivity index (χ1v) is 7.36. The van der Waals surface area contributed by atoms with Crippen molar-refractivity contribution >= 4 is 22.9 Å². The fourth-order valence-electron chi connectivity index (χ4n) is 2.15. The number of hydrogen-bond donors (Lipinski definition) is 1. The highest BCUT2D eigenvalue weighted by Gasteiger charge is 2.38. The van der Waals surface area contributed by atoms with E-state index in [1.54, 1.807) is 0 Å². The van der Waals surface area contributed by atoms with Crippen LogP contribution in [0.2, 0.25) is 0 Å². The van der Waals surface area contributed by atoms with Crippen LogP contribution in [0.4, 0.5) is 4.79 Å². The molecular weight excluding hydrogens is 260 g/mol. The second-order valence-electron chi connectivity index (χ2n) is 4.53. The molecule has 2 N–H and O–H groups in total. The zero-order valence-corrected chi connectivity index (χ0v) is 11.6. The number of thioether (sulfide) groups is 1. The van der Waals surface area contributed by atoms with E-state index in [9.17, 15) is 9.59 Å². The number of carbonyl (C=O) groups is 2. The molecule has 2 amide bonds. The molecule has 2 rings (SSSR count). The van der Waals surface area contributed by atoms with Gasteiger partial charge in [-0.3, -0.25) is 14.5 Å². The summed E-state index contributed by atoms with van der Waals surface area (Å²) in [6.45, 7) is 0.661. The molecule has 1 aliphatic rings. The van der Waals surface area contributed by atoms with Crippen LogP contribution in [0.3, 0.4) is 0 Å². The number of hydrogen-bond acceptors (Lipinski definition) is 4. The Morgan fingerprint density at radius 3 is 2.63 bits per heavy atom. The van der Waals surface area contributed by atoms with Gasteiger partial charge < -0.3 is 5.73 Å². The minimum absolute atomic E-state index is 0.0755. The Morgan fingerprint density at radius 2 is 1.95 bits per heavy atom. The summed E-state index contributed by atoms with van der Waals surface area (Å²) >= 11 is 1.14. The maximum absolute atomic E-state index is 12.0. The minimum atomic E-state index is -0.220. The van der Waals surface area contributed by atoms with Crippen LogP contribution in [0.5, 0.6) is 0 Å². The first-order chi connectivity index (χ1) is 9.22. The fourth-order valence-corrected chi connectivity index (χ4v) is 3.21. The molecule has 1 fully saturated rings. The van der Waals surface area contributed by atoms with Crippen molar-refractivity contribution in [2.75, 3.05) is 13.1 Å². The molecule has 5 heteroatoms. The lowest BCUT2D eigenvalue weighted by Gasteiger charge is -2.11. The summed E-state index contributed by atoms with van der Waals surface area (Å²) < 4.78 is 0. The molecule has 1 heterocycles. The molecule has 1 aromatic rings. The SMILES string of the molecule is NCCN1C(=O)SC(CCCc2ccccc2)C1=O. The standard InChI is InChI=1S/C14H18N2O2S/c15-9-10-16-13(17)12(19-14(16)18)8-4-7-11-5-2-1-3-6-11/h1-3,5-6,12H,4,7-10,15H2. The number of nitrogens with zero attached hydrogens (tertiary/aromatic N) is 1. The van der Waals surface area contributed by atoms with Gasteiger partial charge in [-0.2, -0.15) is 0 Å². The Bertz CT molecular complexity index is 450. The molecule has 0 spiro atoms. The fraction of sp³-hybridized carbons (Fsp3) is 0.429. The van der Waals surface area contributed by atoms with E-state index in [4.69, 9.17) is 5.73 Å². The van der Waals surface area contributed by atoms with Crippen molar-refractivity contribution in [3.8, 4) is 0 Å². The lowest BCUT2D eigenvalue weighted by atomic mass is 10.1. The number of aryl methyl sites for hydroxylation is 1. The number of benzene rings is 1. The first kappa shape index (κ1) is 14.1. The quantitative estimate of drug-likeness (QED) is 0.865.